The summed E-state index contributed by atoms with van der Waals surface area (Å²) >= 11 is 0. The van der Waals surface area contributed by atoms with Crippen molar-refractivity contribution in [1.82, 2.24) is 10.2 Å². The molecule has 0 aromatic heterocycles. The molecule has 1 unspecified atom stereocenters. The summed E-state index contributed by atoms with van der Waals surface area (Å²) in [5.74, 6) is 0.740. The molecule has 1 atom stereocenters. The van der Waals surface area contributed by atoms with Crippen molar-refractivity contribution >= 4 is 6.03 Å². The molecule has 0 fully saturated rings. The van der Waals surface area contributed by atoms with Crippen LogP contribution in [0.2, 0.25) is 0 Å². The van der Waals surface area contributed by atoms with E-state index in [1.165, 1.54) is 11.1 Å². The van der Waals surface area contributed by atoms with Crippen LogP contribution in [0.1, 0.15) is 29.2 Å². The second kappa shape index (κ2) is 8.03. The van der Waals surface area contributed by atoms with Gasteiger partial charge in [0, 0.05) is 12.1 Å². The van der Waals surface area contributed by atoms with Gasteiger partial charge in [0.05, 0.1) is 26.3 Å². The molecule has 0 saturated carbocycles. The number of hydrogen-bond donors (Lipinski definition) is 2. The van der Waals surface area contributed by atoms with Gasteiger partial charge in [0.1, 0.15) is 5.75 Å². The van der Waals surface area contributed by atoms with E-state index < -0.39 is 0 Å². The number of benzene rings is 2. The Bertz CT molecular complexity index is 732. The van der Waals surface area contributed by atoms with Gasteiger partial charge in [-0.25, -0.2) is 4.79 Å². The third-order valence-corrected chi connectivity index (χ3v) is 4.64. The van der Waals surface area contributed by atoms with Crippen LogP contribution in [0.5, 0.6) is 5.75 Å². The zero-order valence-electron chi connectivity index (χ0n) is 14.4. The van der Waals surface area contributed by atoms with Gasteiger partial charge in [-0.2, -0.15) is 0 Å². The van der Waals surface area contributed by atoms with Crippen molar-refractivity contribution < 1.29 is 14.6 Å². The maximum Gasteiger partial charge on any atom is 0.318 e. The van der Waals surface area contributed by atoms with Gasteiger partial charge in [0.2, 0.25) is 0 Å². The largest absolute Gasteiger partial charge is 0.496 e. The molecule has 2 N–H and O–H groups in total. The maximum atomic E-state index is 12.8. The summed E-state index contributed by atoms with van der Waals surface area (Å²) in [4.78, 5) is 14.4. The molecular formula is C20H24N2O3. The third kappa shape index (κ3) is 3.94. The number of rotatable bonds is 6. The Labute approximate surface area is 148 Å². The first kappa shape index (κ1) is 17.3. The lowest BCUT2D eigenvalue weighted by atomic mass is 10.1. The van der Waals surface area contributed by atoms with Gasteiger partial charge in [-0.15, -0.1) is 0 Å². The first-order valence-electron chi connectivity index (χ1n) is 8.59. The minimum Gasteiger partial charge on any atom is -0.496 e. The number of aryl methyl sites for hydroxylation is 1. The fourth-order valence-electron chi connectivity index (χ4n) is 3.36. The zero-order valence-corrected chi connectivity index (χ0v) is 14.4. The van der Waals surface area contributed by atoms with Crippen LogP contribution in [0, 0.1) is 0 Å². The van der Waals surface area contributed by atoms with Crippen LogP contribution in [0.3, 0.4) is 0 Å². The van der Waals surface area contributed by atoms with Crippen LogP contribution in [0.4, 0.5) is 4.79 Å². The van der Waals surface area contributed by atoms with Crippen molar-refractivity contribution in [2.45, 2.75) is 25.4 Å². The second-order valence-corrected chi connectivity index (χ2v) is 6.20. The van der Waals surface area contributed by atoms with Gasteiger partial charge in [0.15, 0.2) is 0 Å². The van der Waals surface area contributed by atoms with Crippen LogP contribution in [-0.4, -0.2) is 36.3 Å². The van der Waals surface area contributed by atoms with Gasteiger partial charge in [-0.1, -0.05) is 42.5 Å². The lowest BCUT2D eigenvalue weighted by Crippen LogP contribution is -2.42. The number of amides is 2. The summed E-state index contributed by atoms with van der Waals surface area (Å²) < 4.78 is 5.36. The summed E-state index contributed by atoms with van der Waals surface area (Å²) in [6.07, 6.45) is 1.89. The van der Waals surface area contributed by atoms with Crippen molar-refractivity contribution in [2.75, 3.05) is 20.3 Å². The number of nitrogens with zero attached hydrogens (tertiary/aromatic N) is 1. The average molecular weight is 340 g/mol. The predicted octanol–water partition coefficient (Wildman–Crippen LogP) is 2.89. The number of ether oxygens (including phenoxy) is 1. The van der Waals surface area contributed by atoms with Crippen LogP contribution in [0.25, 0.3) is 0 Å². The molecule has 1 aliphatic carbocycles. The van der Waals surface area contributed by atoms with Crippen LogP contribution in [0.15, 0.2) is 48.5 Å². The van der Waals surface area contributed by atoms with Crippen molar-refractivity contribution in [3.05, 3.63) is 65.2 Å². The van der Waals surface area contributed by atoms with E-state index in [2.05, 4.69) is 17.4 Å². The molecule has 0 saturated heterocycles. The molecule has 0 radical (unpaired) electrons. The Hall–Kier alpha value is -2.53. The molecule has 1 aliphatic rings. The van der Waals surface area contributed by atoms with E-state index in [1.54, 1.807) is 12.0 Å². The fourth-order valence-corrected chi connectivity index (χ4v) is 3.36. The second-order valence-electron chi connectivity index (χ2n) is 6.20. The highest BCUT2D eigenvalue weighted by Crippen LogP contribution is 2.31. The van der Waals surface area contributed by atoms with Crippen LogP contribution in [-0.2, 0) is 13.0 Å². The SMILES string of the molecule is COc1ccccc1CN(CCO)C(=O)NC1CCc2ccccc21. The number of hydrogen-bond acceptors (Lipinski definition) is 3. The number of para-hydroxylation sites is 1. The topological polar surface area (TPSA) is 61.8 Å². The molecule has 132 valence electrons. The Balaban J connectivity index is 1.71. The van der Waals surface area contributed by atoms with Crippen molar-refractivity contribution in [3.8, 4) is 5.75 Å². The number of aliphatic hydroxyl groups excluding tert-OH is 1. The molecule has 2 amide bonds. The first-order chi connectivity index (χ1) is 12.2. The standard InChI is InChI=1S/C20H24N2O3/c1-25-19-9-5-3-7-16(19)14-22(12-13-23)20(24)21-18-11-10-15-6-2-4-8-17(15)18/h2-9,18,23H,10-14H2,1H3,(H,21,24). The average Bonchev–Trinajstić information content (AvgIpc) is 3.05. The highest BCUT2D eigenvalue weighted by atomic mass is 16.5. The molecule has 0 heterocycles. The Kier molecular flexibility index (Phi) is 5.56. The predicted molar refractivity (Wildman–Crippen MR) is 96.5 cm³/mol. The molecule has 5 nitrogen and oxygen atoms in total. The first-order valence-corrected chi connectivity index (χ1v) is 8.59. The number of urea groups is 1. The molecule has 0 bridgehead atoms. The number of aliphatic hydroxyl groups is 1. The number of nitrogens with one attached hydrogen (secondary N) is 1. The van der Waals surface area contributed by atoms with Crippen molar-refractivity contribution in [1.29, 1.82) is 0 Å². The van der Waals surface area contributed by atoms with E-state index in [0.717, 1.165) is 24.2 Å². The van der Waals surface area contributed by atoms with E-state index in [4.69, 9.17) is 4.74 Å². The lowest BCUT2D eigenvalue weighted by Gasteiger charge is -2.25. The molecule has 2 aromatic rings. The Morgan fingerprint density at radius 1 is 1.24 bits per heavy atom. The monoisotopic (exact) mass is 340 g/mol. The highest BCUT2D eigenvalue weighted by molar-refractivity contribution is 5.75. The number of fused-ring (bicyclic) bond motifs is 1. The highest BCUT2D eigenvalue weighted by Gasteiger charge is 2.25. The summed E-state index contributed by atoms with van der Waals surface area (Å²) in [5.41, 5.74) is 3.41. The van der Waals surface area contributed by atoms with E-state index in [9.17, 15) is 9.90 Å². The van der Waals surface area contributed by atoms with Gasteiger partial charge in [-0.05, 0) is 30.0 Å². The molecule has 5 heteroatoms. The Morgan fingerprint density at radius 3 is 2.80 bits per heavy atom. The molecule has 0 spiro atoms. The Morgan fingerprint density at radius 2 is 2.00 bits per heavy atom. The van der Waals surface area contributed by atoms with Gasteiger partial charge in [-0.3, -0.25) is 0 Å². The molecule has 0 aliphatic heterocycles. The smallest absolute Gasteiger partial charge is 0.318 e. The van der Waals surface area contributed by atoms with Crippen molar-refractivity contribution in [2.24, 2.45) is 0 Å². The van der Waals surface area contributed by atoms with Crippen LogP contribution >= 0.6 is 0 Å². The summed E-state index contributed by atoms with van der Waals surface area (Å²) in [7, 11) is 1.62. The van der Waals surface area contributed by atoms with Gasteiger partial charge in [0.25, 0.3) is 0 Å². The van der Waals surface area contributed by atoms with E-state index in [1.807, 2.05) is 36.4 Å². The quantitative estimate of drug-likeness (QED) is 0.850. The minimum atomic E-state index is -0.165. The number of carbonyl (C=O) groups is 1. The fraction of sp³-hybridized carbons (Fsp3) is 0.350. The number of carbonyl (C=O) groups excluding carboxylic acids is 1. The van der Waals surface area contributed by atoms with Gasteiger partial charge < -0.3 is 20.1 Å². The summed E-state index contributed by atoms with van der Waals surface area (Å²) in [5, 5.41) is 12.5. The summed E-state index contributed by atoms with van der Waals surface area (Å²) in [6.45, 7) is 0.590. The van der Waals surface area contributed by atoms with E-state index in [0.29, 0.717) is 6.54 Å². The van der Waals surface area contributed by atoms with E-state index >= 15 is 0 Å². The third-order valence-electron chi connectivity index (χ3n) is 4.64. The number of methoxy groups -OCH3 is 1. The molecular weight excluding hydrogens is 316 g/mol. The summed E-state index contributed by atoms with van der Waals surface area (Å²) in [6, 6.07) is 15.7. The normalized spacial score (nSPS) is 15.5. The molecule has 2 aromatic carbocycles. The maximum absolute atomic E-state index is 12.8. The van der Waals surface area contributed by atoms with Crippen molar-refractivity contribution in [3.63, 3.8) is 0 Å². The minimum absolute atomic E-state index is 0.0301. The van der Waals surface area contributed by atoms with Gasteiger partial charge >= 0.3 is 6.03 Å². The molecule has 3 rings (SSSR count). The lowest BCUT2D eigenvalue weighted by molar-refractivity contribution is 0.170. The zero-order chi connectivity index (χ0) is 17.6. The molecule has 25 heavy (non-hydrogen) atoms. The van der Waals surface area contributed by atoms with E-state index in [-0.39, 0.29) is 25.2 Å². The van der Waals surface area contributed by atoms with Crippen LogP contribution < -0.4 is 10.1 Å².